The van der Waals surface area contributed by atoms with Gasteiger partial charge in [0, 0.05) is 0 Å². The molecule has 0 aromatic heterocycles. The monoisotopic (exact) mass is 340 g/mol. The van der Waals surface area contributed by atoms with Gasteiger partial charge in [-0.1, -0.05) is 71.3 Å². The highest BCUT2D eigenvalue weighted by atomic mass is 35.5. The van der Waals surface area contributed by atoms with E-state index in [1.165, 1.54) is 0 Å². The minimum absolute atomic E-state index is 0.00904. The molecule has 0 bridgehead atoms. The first kappa shape index (κ1) is 17.4. The Balaban J connectivity index is 0.000000437. The molecule has 17 heavy (non-hydrogen) atoms. The first-order valence-electron chi connectivity index (χ1n) is 4.64. The van der Waals surface area contributed by atoms with Crippen LogP contribution in [0.15, 0.2) is 0 Å². The van der Waals surface area contributed by atoms with Crippen molar-refractivity contribution < 1.29 is 9.50 Å². The molecule has 0 heterocycles. The summed E-state index contributed by atoms with van der Waals surface area (Å²) in [5.74, 6) is -0.363. The van der Waals surface area contributed by atoms with Gasteiger partial charge in [-0.2, -0.15) is 0 Å². The Bertz CT molecular complexity index is 276. The van der Waals surface area contributed by atoms with Crippen molar-refractivity contribution in [3.05, 3.63) is 25.1 Å². The molecule has 0 radical (unpaired) electrons. The molecule has 0 atom stereocenters. The molecule has 0 saturated heterocycles. The first-order chi connectivity index (χ1) is 7.88. The number of alkyl halides is 1. The molecule has 0 fully saturated rings. The largest absolute Gasteiger partial charge is 0.505 e. The topological polar surface area (TPSA) is 20.2 Å². The smallest absolute Gasteiger partial charge is 0.155 e. The van der Waals surface area contributed by atoms with Gasteiger partial charge in [-0.05, 0) is 6.42 Å². The van der Waals surface area contributed by atoms with Crippen LogP contribution in [-0.2, 0) is 0 Å². The minimum Gasteiger partial charge on any atom is -0.505 e. The summed E-state index contributed by atoms with van der Waals surface area (Å²) in [4.78, 5) is 0. The molecule has 0 unspecified atom stereocenters. The fourth-order valence-corrected chi connectivity index (χ4v) is 1.86. The van der Waals surface area contributed by atoms with Crippen LogP contribution in [0.3, 0.4) is 0 Å². The highest BCUT2D eigenvalue weighted by molar-refractivity contribution is 6.55. The molecular weight excluding hydrogens is 332 g/mol. The normalized spacial score (nSPS) is 9.82. The van der Waals surface area contributed by atoms with E-state index in [4.69, 9.17) is 58.0 Å². The Labute approximate surface area is 124 Å². The average Bonchev–Trinajstić information content (AvgIpc) is 2.33. The molecular formula is C10H10Cl5FO. The Morgan fingerprint density at radius 3 is 1.47 bits per heavy atom. The van der Waals surface area contributed by atoms with Crippen LogP contribution < -0.4 is 0 Å². The Morgan fingerprint density at radius 1 is 0.882 bits per heavy atom. The van der Waals surface area contributed by atoms with E-state index in [0.717, 1.165) is 12.8 Å². The summed E-state index contributed by atoms with van der Waals surface area (Å²) in [7, 11) is 0. The van der Waals surface area contributed by atoms with Gasteiger partial charge in [0.15, 0.2) is 5.75 Å². The molecule has 0 aliphatic rings. The van der Waals surface area contributed by atoms with E-state index in [1.807, 2.05) is 6.92 Å². The molecule has 1 nitrogen and oxygen atoms in total. The van der Waals surface area contributed by atoms with E-state index in [0.29, 0.717) is 0 Å². The molecule has 7 heteroatoms. The lowest BCUT2D eigenvalue weighted by molar-refractivity contribution is 0.469. The highest BCUT2D eigenvalue weighted by Crippen LogP contribution is 2.47. The molecule has 0 aliphatic heterocycles. The number of phenols is 1. The number of unbranched alkanes of at least 4 members (excludes halogenated alkanes) is 1. The maximum atomic E-state index is 11.0. The lowest BCUT2D eigenvalue weighted by atomic mass is 10.3. The zero-order valence-corrected chi connectivity index (χ0v) is 12.6. The van der Waals surface area contributed by atoms with Crippen molar-refractivity contribution >= 4 is 58.0 Å². The van der Waals surface area contributed by atoms with Crippen LogP contribution in [0.25, 0.3) is 0 Å². The number of rotatable bonds is 2. The number of halogens is 6. The van der Waals surface area contributed by atoms with Crippen LogP contribution in [0.1, 0.15) is 19.8 Å². The third kappa shape index (κ3) is 4.88. The van der Waals surface area contributed by atoms with Crippen molar-refractivity contribution in [3.63, 3.8) is 0 Å². The van der Waals surface area contributed by atoms with Crippen molar-refractivity contribution in [2.45, 2.75) is 19.8 Å². The molecule has 0 spiro atoms. The maximum Gasteiger partial charge on any atom is 0.155 e. The predicted molar refractivity (Wildman–Crippen MR) is 74.0 cm³/mol. The lowest BCUT2D eigenvalue weighted by Gasteiger charge is -2.06. The zero-order chi connectivity index (χ0) is 13.6. The Kier molecular flexibility index (Phi) is 8.69. The second kappa shape index (κ2) is 8.49. The van der Waals surface area contributed by atoms with E-state index < -0.39 is 0 Å². The third-order valence-corrected chi connectivity index (χ3v) is 3.93. The number of aromatic hydroxyl groups is 1. The summed E-state index contributed by atoms with van der Waals surface area (Å²) in [6.07, 6.45) is 1.69. The van der Waals surface area contributed by atoms with Gasteiger partial charge in [-0.3, -0.25) is 4.39 Å². The highest BCUT2D eigenvalue weighted by Gasteiger charge is 2.18. The number of benzene rings is 1. The van der Waals surface area contributed by atoms with Crippen LogP contribution in [0, 0.1) is 0 Å². The zero-order valence-electron chi connectivity index (χ0n) is 8.84. The van der Waals surface area contributed by atoms with Crippen molar-refractivity contribution in [1.82, 2.24) is 0 Å². The van der Waals surface area contributed by atoms with Crippen LogP contribution in [0.2, 0.25) is 25.1 Å². The van der Waals surface area contributed by atoms with Crippen molar-refractivity contribution in [3.8, 4) is 5.75 Å². The third-order valence-electron chi connectivity index (χ3n) is 1.67. The van der Waals surface area contributed by atoms with E-state index in [2.05, 4.69) is 0 Å². The standard InChI is InChI=1S/C6HCl5O.C4H9F/c7-1-2(8)4(10)6(12)5(11)3(1)9;1-2-3-4-5/h12H;2-4H2,1H3. The SMILES string of the molecule is CCCCF.Oc1c(Cl)c(Cl)c(Cl)c(Cl)c1Cl. The average molecular weight is 342 g/mol. The van der Waals surface area contributed by atoms with Gasteiger partial charge < -0.3 is 5.11 Å². The molecule has 0 aliphatic carbocycles. The minimum atomic E-state index is -0.363. The second-order valence-corrected chi connectivity index (χ2v) is 4.85. The van der Waals surface area contributed by atoms with E-state index in [-0.39, 0.29) is 37.5 Å². The van der Waals surface area contributed by atoms with Gasteiger partial charge in [0.25, 0.3) is 0 Å². The van der Waals surface area contributed by atoms with Crippen molar-refractivity contribution in [1.29, 1.82) is 0 Å². The summed E-state index contributed by atoms with van der Waals surface area (Å²) >= 11 is 27.9. The van der Waals surface area contributed by atoms with Gasteiger partial charge in [0.05, 0.1) is 21.7 Å². The summed E-state index contributed by atoms with van der Waals surface area (Å²) in [5, 5.41) is 9.01. The molecule has 1 N–H and O–H groups in total. The van der Waals surface area contributed by atoms with E-state index in [1.54, 1.807) is 0 Å². The number of phenolic OH excluding ortho intramolecular Hbond substituents is 1. The van der Waals surface area contributed by atoms with Gasteiger partial charge in [-0.15, -0.1) is 0 Å². The lowest BCUT2D eigenvalue weighted by Crippen LogP contribution is -1.78. The van der Waals surface area contributed by atoms with Crippen LogP contribution in [-0.4, -0.2) is 11.8 Å². The summed E-state index contributed by atoms with van der Waals surface area (Å²) < 4.78 is 11.0. The molecule has 1 rings (SSSR count). The summed E-state index contributed by atoms with van der Waals surface area (Å²) in [6, 6.07) is 0. The van der Waals surface area contributed by atoms with Crippen LogP contribution in [0.5, 0.6) is 5.75 Å². The molecule has 1 aromatic rings. The summed E-state index contributed by atoms with van der Waals surface area (Å²) in [6.45, 7) is 1.82. The molecule has 1 aromatic carbocycles. The van der Waals surface area contributed by atoms with Gasteiger partial charge >= 0.3 is 0 Å². The summed E-state index contributed by atoms with van der Waals surface area (Å²) in [5.41, 5.74) is 0. The quantitative estimate of drug-likeness (QED) is 0.486. The molecule has 98 valence electrons. The maximum absolute atomic E-state index is 11.0. The van der Waals surface area contributed by atoms with Crippen LogP contribution >= 0.6 is 58.0 Å². The van der Waals surface area contributed by atoms with E-state index >= 15 is 0 Å². The molecule has 0 amide bonds. The van der Waals surface area contributed by atoms with E-state index in [9.17, 15) is 9.50 Å². The second-order valence-electron chi connectivity index (χ2n) is 2.96. The van der Waals surface area contributed by atoms with Gasteiger partial charge in [-0.25, -0.2) is 0 Å². The van der Waals surface area contributed by atoms with Gasteiger partial charge in [0.1, 0.15) is 10.0 Å². The Morgan fingerprint density at radius 2 is 1.24 bits per heavy atom. The predicted octanol–water partition coefficient (Wildman–Crippen LogP) is 6.42. The fourth-order valence-electron chi connectivity index (χ4n) is 0.727. The van der Waals surface area contributed by atoms with Gasteiger partial charge in [0.2, 0.25) is 0 Å². The number of hydrogen-bond acceptors (Lipinski definition) is 1. The van der Waals surface area contributed by atoms with Crippen molar-refractivity contribution in [2.24, 2.45) is 0 Å². The Hall–Kier alpha value is 0.400. The molecule has 0 saturated carbocycles. The van der Waals surface area contributed by atoms with Crippen molar-refractivity contribution in [2.75, 3.05) is 6.67 Å². The fraction of sp³-hybridized carbons (Fsp3) is 0.400. The number of hydrogen-bond donors (Lipinski definition) is 1. The first-order valence-corrected chi connectivity index (χ1v) is 6.53. The van der Waals surface area contributed by atoms with Crippen LogP contribution in [0.4, 0.5) is 4.39 Å².